The number of nitrogens with zero attached hydrogens (tertiary/aromatic N) is 2. The third kappa shape index (κ3) is 4.07. The lowest BCUT2D eigenvalue weighted by Crippen LogP contribution is -2.08. The third-order valence-electron chi connectivity index (χ3n) is 1.67. The Morgan fingerprint density at radius 1 is 1.50 bits per heavy atom. The van der Waals surface area contributed by atoms with E-state index in [1.165, 1.54) is 0 Å². The minimum Gasteiger partial charge on any atom is -0.314 e. The first-order valence-corrected chi connectivity index (χ1v) is 5.84. The Kier molecular flexibility index (Phi) is 4.90. The molecule has 0 amide bonds. The normalized spacial score (nSPS) is 10.9. The van der Waals surface area contributed by atoms with Gasteiger partial charge in [-0.15, -0.1) is 0 Å². The zero-order valence-corrected chi connectivity index (χ0v) is 9.77. The summed E-state index contributed by atoms with van der Waals surface area (Å²) < 4.78 is 0. The van der Waals surface area contributed by atoms with Gasteiger partial charge in [0, 0.05) is 12.7 Å². The van der Waals surface area contributed by atoms with Gasteiger partial charge in [-0.1, -0.05) is 13.8 Å². The van der Waals surface area contributed by atoms with Crippen LogP contribution < -0.4 is 5.32 Å². The van der Waals surface area contributed by atoms with Crippen LogP contribution in [-0.2, 0) is 12.3 Å². The summed E-state index contributed by atoms with van der Waals surface area (Å²) in [6.07, 6.45) is 1.83. The summed E-state index contributed by atoms with van der Waals surface area (Å²) in [7, 11) is 1.92. The quantitative estimate of drug-likeness (QED) is 0.806. The molecular formula is C10H17N3S. The molecule has 0 spiro atoms. The van der Waals surface area contributed by atoms with Gasteiger partial charge in [0.25, 0.3) is 0 Å². The van der Waals surface area contributed by atoms with E-state index in [0.29, 0.717) is 5.25 Å². The average molecular weight is 211 g/mol. The summed E-state index contributed by atoms with van der Waals surface area (Å²) >= 11 is 1.87. The number of nitrogens with one attached hydrogen (secondary N) is 1. The monoisotopic (exact) mass is 211 g/mol. The Labute approximate surface area is 89.7 Å². The molecule has 0 aliphatic rings. The van der Waals surface area contributed by atoms with E-state index in [0.717, 1.165) is 23.8 Å². The van der Waals surface area contributed by atoms with Crippen LogP contribution in [-0.4, -0.2) is 22.3 Å². The maximum Gasteiger partial charge on any atom is 0.138 e. The van der Waals surface area contributed by atoms with Crippen LogP contribution in [0.1, 0.15) is 25.4 Å². The maximum absolute atomic E-state index is 4.44. The van der Waals surface area contributed by atoms with Crippen LogP contribution in [0.5, 0.6) is 0 Å². The molecule has 1 heterocycles. The molecule has 0 aliphatic carbocycles. The van der Waals surface area contributed by atoms with E-state index in [9.17, 15) is 0 Å². The van der Waals surface area contributed by atoms with Gasteiger partial charge in [-0.2, -0.15) is 11.8 Å². The molecule has 0 saturated heterocycles. The minimum absolute atomic E-state index is 0.631. The predicted molar refractivity (Wildman–Crippen MR) is 61.2 cm³/mol. The second kappa shape index (κ2) is 5.98. The van der Waals surface area contributed by atoms with E-state index in [1.54, 1.807) is 0 Å². The largest absolute Gasteiger partial charge is 0.314 e. The van der Waals surface area contributed by atoms with Crippen molar-refractivity contribution in [2.75, 3.05) is 7.05 Å². The van der Waals surface area contributed by atoms with Crippen LogP contribution >= 0.6 is 11.8 Å². The molecule has 0 aromatic carbocycles. The maximum atomic E-state index is 4.44. The van der Waals surface area contributed by atoms with Crippen LogP contribution in [0.3, 0.4) is 0 Å². The summed E-state index contributed by atoms with van der Waals surface area (Å²) in [5.74, 6) is 1.83. The van der Waals surface area contributed by atoms with Gasteiger partial charge in [0.1, 0.15) is 5.82 Å². The Morgan fingerprint density at radius 3 is 2.93 bits per heavy atom. The van der Waals surface area contributed by atoms with Gasteiger partial charge >= 0.3 is 0 Å². The fourth-order valence-electron chi connectivity index (χ4n) is 1.03. The highest BCUT2D eigenvalue weighted by molar-refractivity contribution is 7.99. The molecule has 14 heavy (non-hydrogen) atoms. The van der Waals surface area contributed by atoms with Crippen molar-refractivity contribution in [2.24, 2.45) is 0 Å². The van der Waals surface area contributed by atoms with Crippen molar-refractivity contribution >= 4 is 11.8 Å². The smallest absolute Gasteiger partial charge is 0.138 e. The van der Waals surface area contributed by atoms with Crippen molar-refractivity contribution in [2.45, 2.75) is 31.4 Å². The lowest BCUT2D eigenvalue weighted by atomic mass is 10.4. The predicted octanol–water partition coefficient (Wildman–Crippen LogP) is 1.84. The molecule has 1 aromatic rings. The lowest BCUT2D eigenvalue weighted by molar-refractivity contribution is 0.777. The number of aromatic nitrogens is 2. The molecule has 0 fully saturated rings. The lowest BCUT2D eigenvalue weighted by Gasteiger charge is -2.05. The van der Waals surface area contributed by atoms with Crippen molar-refractivity contribution in [1.29, 1.82) is 0 Å². The Morgan fingerprint density at radius 2 is 2.29 bits per heavy atom. The van der Waals surface area contributed by atoms with E-state index in [4.69, 9.17) is 0 Å². The van der Waals surface area contributed by atoms with Gasteiger partial charge in [-0.25, -0.2) is 9.97 Å². The summed E-state index contributed by atoms with van der Waals surface area (Å²) in [6.45, 7) is 5.17. The van der Waals surface area contributed by atoms with E-state index in [2.05, 4.69) is 29.1 Å². The van der Waals surface area contributed by atoms with Crippen molar-refractivity contribution in [1.82, 2.24) is 15.3 Å². The molecule has 1 N–H and O–H groups in total. The summed E-state index contributed by atoms with van der Waals surface area (Å²) in [5.41, 5.74) is 1.06. The van der Waals surface area contributed by atoms with Crippen LogP contribution in [0.4, 0.5) is 0 Å². The van der Waals surface area contributed by atoms with Gasteiger partial charge in [-0.05, 0) is 18.4 Å². The fraction of sp³-hybridized carbons (Fsp3) is 0.600. The highest BCUT2D eigenvalue weighted by Gasteiger charge is 2.00. The topological polar surface area (TPSA) is 37.8 Å². The molecule has 0 bridgehead atoms. The zero-order chi connectivity index (χ0) is 10.4. The van der Waals surface area contributed by atoms with E-state index < -0.39 is 0 Å². The van der Waals surface area contributed by atoms with Crippen molar-refractivity contribution in [3.63, 3.8) is 0 Å². The zero-order valence-electron chi connectivity index (χ0n) is 8.95. The molecule has 0 radical (unpaired) electrons. The highest BCUT2D eigenvalue weighted by Crippen LogP contribution is 2.14. The molecule has 78 valence electrons. The number of thioether (sulfide) groups is 1. The van der Waals surface area contributed by atoms with Gasteiger partial charge in [0.2, 0.25) is 0 Å². The second-order valence-corrected chi connectivity index (χ2v) is 4.92. The molecule has 1 rings (SSSR count). The number of rotatable bonds is 5. The molecule has 0 saturated carbocycles. The molecule has 4 heteroatoms. The fourth-order valence-corrected chi connectivity index (χ4v) is 1.65. The van der Waals surface area contributed by atoms with Gasteiger partial charge in [0.15, 0.2) is 0 Å². The molecule has 3 nitrogen and oxygen atoms in total. The van der Waals surface area contributed by atoms with Crippen molar-refractivity contribution in [3.8, 4) is 0 Å². The van der Waals surface area contributed by atoms with Crippen LogP contribution in [0, 0.1) is 0 Å². The number of hydrogen-bond acceptors (Lipinski definition) is 4. The molecule has 1 aromatic heterocycles. The first-order valence-electron chi connectivity index (χ1n) is 4.79. The summed E-state index contributed by atoms with van der Waals surface area (Å²) in [6, 6.07) is 1.94. The van der Waals surface area contributed by atoms with Crippen LogP contribution in [0.2, 0.25) is 0 Å². The third-order valence-corrected chi connectivity index (χ3v) is 2.76. The summed E-state index contributed by atoms with van der Waals surface area (Å²) in [5, 5.41) is 3.71. The molecular weight excluding hydrogens is 194 g/mol. The van der Waals surface area contributed by atoms with Gasteiger partial charge in [0.05, 0.1) is 11.4 Å². The first-order chi connectivity index (χ1) is 6.72. The molecule has 0 aliphatic heterocycles. The Bertz CT molecular complexity index is 276. The van der Waals surface area contributed by atoms with Gasteiger partial charge in [-0.3, -0.25) is 0 Å². The van der Waals surface area contributed by atoms with E-state index in [1.807, 2.05) is 31.1 Å². The SMILES string of the molecule is CNCc1ccnc(CSC(C)C)n1. The minimum atomic E-state index is 0.631. The first kappa shape index (κ1) is 11.5. The van der Waals surface area contributed by atoms with Crippen LogP contribution in [0.15, 0.2) is 12.3 Å². The standard InChI is InChI=1S/C10H17N3S/c1-8(2)14-7-10-12-5-4-9(13-10)6-11-3/h4-5,8,11H,6-7H2,1-3H3. The van der Waals surface area contributed by atoms with Crippen molar-refractivity contribution < 1.29 is 0 Å². The molecule has 0 unspecified atom stereocenters. The Balaban J connectivity index is 2.54. The van der Waals surface area contributed by atoms with Gasteiger partial charge < -0.3 is 5.32 Å². The molecule has 0 atom stereocenters. The average Bonchev–Trinajstić information content (AvgIpc) is 2.16. The van der Waals surface area contributed by atoms with Crippen molar-refractivity contribution in [3.05, 3.63) is 23.8 Å². The Hall–Kier alpha value is -0.610. The second-order valence-electron chi connectivity index (χ2n) is 3.35. The van der Waals surface area contributed by atoms with Crippen LogP contribution in [0.25, 0.3) is 0 Å². The highest BCUT2D eigenvalue weighted by atomic mass is 32.2. The number of hydrogen-bond donors (Lipinski definition) is 1. The van der Waals surface area contributed by atoms with E-state index >= 15 is 0 Å². The van der Waals surface area contributed by atoms with E-state index in [-0.39, 0.29) is 0 Å². The summed E-state index contributed by atoms with van der Waals surface area (Å²) in [4.78, 5) is 8.67.